The molecule has 6 rings (SSSR count). The van der Waals surface area contributed by atoms with Crippen molar-refractivity contribution in [2.75, 3.05) is 44.2 Å². The Bertz CT molecular complexity index is 1190. The van der Waals surface area contributed by atoms with Crippen LogP contribution in [0.25, 0.3) is 11.3 Å². The fraction of sp³-hybridized carbons (Fsp3) is 0.393. The SMILES string of the molecule is O=C(c1cc(-c2ccccc2)no1)N1CCC2(CC1)CC2C(=O)N1CCN(c2ccccc2)CC1. The van der Waals surface area contributed by atoms with Crippen LogP contribution in [0, 0.1) is 11.3 Å². The highest BCUT2D eigenvalue weighted by atomic mass is 16.5. The van der Waals surface area contributed by atoms with Crippen LogP contribution >= 0.6 is 0 Å². The fourth-order valence-electron chi connectivity index (χ4n) is 5.73. The van der Waals surface area contributed by atoms with E-state index >= 15 is 0 Å². The van der Waals surface area contributed by atoms with E-state index < -0.39 is 0 Å². The molecule has 0 bridgehead atoms. The number of amides is 2. The third-order valence-electron chi connectivity index (χ3n) is 8.04. The average molecular weight is 471 g/mol. The molecule has 1 spiro atoms. The summed E-state index contributed by atoms with van der Waals surface area (Å²) in [5.41, 5.74) is 2.89. The molecule has 3 fully saturated rings. The number of nitrogens with zero attached hydrogens (tertiary/aromatic N) is 4. The summed E-state index contributed by atoms with van der Waals surface area (Å²) in [6, 6.07) is 21.8. The van der Waals surface area contributed by atoms with Crippen molar-refractivity contribution in [2.45, 2.75) is 19.3 Å². The third kappa shape index (κ3) is 4.20. The minimum absolute atomic E-state index is 0.0705. The number of likely N-dealkylation sites (tertiary alicyclic amines) is 1. The van der Waals surface area contributed by atoms with Gasteiger partial charge in [0.25, 0.3) is 5.91 Å². The molecule has 0 N–H and O–H groups in total. The summed E-state index contributed by atoms with van der Waals surface area (Å²) in [5.74, 6) is 0.577. The van der Waals surface area contributed by atoms with Crippen molar-refractivity contribution in [1.82, 2.24) is 15.0 Å². The van der Waals surface area contributed by atoms with E-state index in [2.05, 4.69) is 39.2 Å². The van der Waals surface area contributed by atoms with Crippen molar-refractivity contribution < 1.29 is 14.1 Å². The van der Waals surface area contributed by atoms with Crippen molar-refractivity contribution in [3.05, 3.63) is 72.5 Å². The summed E-state index contributed by atoms with van der Waals surface area (Å²) in [4.78, 5) is 32.5. The topological polar surface area (TPSA) is 69.9 Å². The number of rotatable bonds is 4. The first-order valence-corrected chi connectivity index (χ1v) is 12.5. The number of para-hydroxylation sites is 1. The van der Waals surface area contributed by atoms with Crippen LogP contribution in [0.5, 0.6) is 0 Å². The Hall–Kier alpha value is -3.61. The summed E-state index contributed by atoms with van der Waals surface area (Å²) in [5, 5.41) is 4.08. The van der Waals surface area contributed by atoms with E-state index in [1.807, 2.05) is 41.3 Å². The van der Waals surface area contributed by atoms with Gasteiger partial charge in [-0.15, -0.1) is 0 Å². The van der Waals surface area contributed by atoms with Gasteiger partial charge in [-0.3, -0.25) is 9.59 Å². The Morgan fingerprint density at radius 1 is 0.829 bits per heavy atom. The molecule has 1 atom stereocenters. The standard InChI is InChI=1S/C28H30N4O3/c33-26(32-17-15-30(16-18-32)22-9-5-2-6-10-22)23-20-28(23)11-13-31(14-12-28)27(34)25-19-24(29-35-25)21-7-3-1-4-8-21/h1-10,19,23H,11-18,20H2. The van der Waals surface area contributed by atoms with E-state index in [1.54, 1.807) is 6.07 Å². The molecule has 2 aliphatic heterocycles. The molecule has 1 unspecified atom stereocenters. The van der Waals surface area contributed by atoms with Gasteiger partial charge in [-0.1, -0.05) is 53.7 Å². The highest BCUT2D eigenvalue weighted by Crippen LogP contribution is 2.60. The number of hydrogen-bond acceptors (Lipinski definition) is 5. The zero-order valence-electron chi connectivity index (χ0n) is 19.8. The molecule has 3 aliphatic rings. The van der Waals surface area contributed by atoms with Gasteiger partial charge in [0.05, 0.1) is 0 Å². The lowest BCUT2D eigenvalue weighted by molar-refractivity contribution is -0.134. The number of piperazine rings is 1. The summed E-state index contributed by atoms with van der Waals surface area (Å²) in [6.45, 7) is 4.62. The Morgan fingerprint density at radius 2 is 1.49 bits per heavy atom. The molecule has 7 nitrogen and oxygen atoms in total. The first kappa shape index (κ1) is 21.9. The van der Waals surface area contributed by atoms with Crippen LogP contribution in [-0.2, 0) is 4.79 Å². The Balaban J connectivity index is 1.02. The predicted molar refractivity (Wildman–Crippen MR) is 133 cm³/mol. The fourth-order valence-corrected chi connectivity index (χ4v) is 5.73. The number of benzene rings is 2. The minimum Gasteiger partial charge on any atom is -0.368 e. The molecule has 3 heterocycles. The second kappa shape index (κ2) is 8.87. The summed E-state index contributed by atoms with van der Waals surface area (Å²) >= 11 is 0. The van der Waals surface area contributed by atoms with E-state index in [-0.39, 0.29) is 23.0 Å². The molecule has 35 heavy (non-hydrogen) atoms. The zero-order valence-corrected chi connectivity index (χ0v) is 19.8. The lowest BCUT2D eigenvalue weighted by Crippen LogP contribution is -2.50. The minimum atomic E-state index is -0.116. The molecule has 7 heteroatoms. The molecular formula is C28H30N4O3. The highest BCUT2D eigenvalue weighted by Gasteiger charge is 2.59. The maximum Gasteiger partial charge on any atom is 0.292 e. The Labute approximate surface area is 205 Å². The molecular weight excluding hydrogens is 440 g/mol. The number of carbonyl (C=O) groups is 2. The molecule has 2 saturated heterocycles. The van der Waals surface area contributed by atoms with E-state index in [9.17, 15) is 9.59 Å². The lowest BCUT2D eigenvalue weighted by Gasteiger charge is -2.37. The van der Waals surface area contributed by atoms with E-state index in [1.165, 1.54) is 5.69 Å². The van der Waals surface area contributed by atoms with Crippen molar-refractivity contribution in [3.63, 3.8) is 0 Å². The molecule has 2 aromatic carbocycles. The van der Waals surface area contributed by atoms with Crippen LogP contribution in [0.3, 0.4) is 0 Å². The quantitative estimate of drug-likeness (QED) is 0.578. The Kier molecular flexibility index (Phi) is 5.55. The van der Waals surface area contributed by atoms with Crippen LogP contribution < -0.4 is 4.90 Å². The van der Waals surface area contributed by atoms with Gasteiger partial charge in [-0.25, -0.2) is 0 Å². The molecule has 0 radical (unpaired) electrons. The van der Waals surface area contributed by atoms with E-state index in [0.717, 1.165) is 51.0 Å². The van der Waals surface area contributed by atoms with Gasteiger partial charge in [0.2, 0.25) is 11.7 Å². The molecule has 1 aliphatic carbocycles. The first-order chi connectivity index (χ1) is 17.1. The van der Waals surface area contributed by atoms with Gasteiger partial charge >= 0.3 is 0 Å². The van der Waals surface area contributed by atoms with Crippen LogP contribution in [0.1, 0.15) is 29.8 Å². The summed E-state index contributed by atoms with van der Waals surface area (Å²) in [6.07, 6.45) is 2.70. The van der Waals surface area contributed by atoms with Gasteiger partial charge < -0.3 is 19.2 Å². The predicted octanol–water partition coefficient (Wildman–Crippen LogP) is 3.93. The van der Waals surface area contributed by atoms with Crippen molar-refractivity contribution in [2.24, 2.45) is 11.3 Å². The monoisotopic (exact) mass is 470 g/mol. The normalized spacial score (nSPS) is 21.3. The molecule has 2 amide bonds. The lowest BCUT2D eigenvalue weighted by atomic mass is 9.90. The zero-order chi connectivity index (χ0) is 23.8. The van der Waals surface area contributed by atoms with Crippen LogP contribution in [-0.4, -0.2) is 66.0 Å². The van der Waals surface area contributed by atoms with Crippen molar-refractivity contribution in [3.8, 4) is 11.3 Å². The maximum atomic E-state index is 13.3. The number of aromatic nitrogens is 1. The van der Waals surface area contributed by atoms with Gasteiger partial charge in [-0.2, -0.15) is 0 Å². The number of hydrogen-bond donors (Lipinski definition) is 0. The molecule has 3 aromatic rings. The van der Waals surface area contributed by atoms with Crippen LogP contribution in [0.2, 0.25) is 0 Å². The highest BCUT2D eigenvalue weighted by molar-refractivity contribution is 5.92. The second-order valence-corrected chi connectivity index (χ2v) is 10.0. The summed E-state index contributed by atoms with van der Waals surface area (Å²) in [7, 11) is 0. The molecule has 1 saturated carbocycles. The smallest absolute Gasteiger partial charge is 0.292 e. The van der Waals surface area contributed by atoms with E-state index in [4.69, 9.17) is 4.52 Å². The molecule has 180 valence electrons. The second-order valence-electron chi connectivity index (χ2n) is 10.0. The van der Waals surface area contributed by atoms with Crippen molar-refractivity contribution >= 4 is 17.5 Å². The van der Waals surface area contributed by atoms with Gasteiger partial charge in [0.15, 0.2) is 0 Å². The number of piperidine rings is 1. The largest absolute Gasteiger partial charge is 0.368 e. The summed E-state index contributed by atoms with van der Waals surface area (Å²) < 4.78 is 5.38. The number of anilines is 1. The average Bonchev–Trinajstić information content (AvgIpc) is 3.38. The first-order valence-electron chi connectivity index (χ1n) is 12.5. The number of carbonyl (C=O) groups excluding carboxylic acids is 2. The van der Waals surface area contributed by atoms with Gasteiger partial charge in [0, 0.05) is 62.5 Å². The van der Waals surface area contributed by atoms with Crippen LogP contribution in [0.4, 0.5) is 5.69 Å². The van der Waals surface area contributed by atoms with Crippen LogP contribution in [0.15, 0.2) is 71.3 Å². The third-order valence-corrected chi connectivity index (χ3v) is 8.04. The van der Waals surface area contributed by atoms with Gasteiger partial charge in [-0.05, 0) is 36.8 Å². The Morgan fingerprint density at radius 3 is 2.17 bits per heavy atom. The van der Waals surface area contributed by atoms with Crippen molar-refractivity contribution in [1.29, 1.82) is 0 Å². The van der Waals surface area contributed by atoms with E-state index in [0.29, 0.717) is 24.7 Å². The molecule has 1 aromatic heterocycles. The maximum absolute atomic E-state index is 13.3. The van der Waals surface area contributed by atoms with Gasteiger partial charge in [0.1, 0.15) is 5.69 Å².